The Bertz CT molecular complexity index is 950. The number of sulfonamides is 1. The first-order chi connectivity index (χ1) is 12.6. The molecule has 2 rings (SSSR count). The van der Waals surface area contributed by atoms with Crippen LogP contribution in [-0.2, 0) is 14.8 Å². The van der Waals surface area contributed by atoms with E-state index < -0.39 is 22.5 Å². The summed E-state index contributed by atoms with van der Waals surface area (Å²) in [4.78, 5) is 12.3. The van der Waals surface area contributed by atoms with E-state index in [1.165, 1.54) is 12.1 Å². The lowest BCUT2D eigenvalue weighted by Crippen LogP contribution is -2.40. The average Bonchev–Trinajstić information content (AvgIpc) is 2.58. The fourth-order valence-corrected chi connectivity index (χ4v) is 3.60. The second-order valence-corrected chi connectivity index (χ2v) is 8.16. The Balaban J connectivity index is 2.20. The first kappa shape index (κ1) is 20.6. The minimum Gasteiger partial charge on any atom is -0.271 e. The van der Waals surface area contributed by atoms with Crippen LogP contribution < -0.4 is 9.73 Å². The molecule has 6 nitrogen and oxygen atoms in total. The van der Waals surface area contributed by atoms with Gasteiger partial charge in [-0.05, 0) is 49.6 Å². The molecule has 0 saturated carbocycles. The summed E-state index contributed by atoms with van der Waals surface area (Å²) in [6.07, 6.45) is 1.05. The molecule has 0 atom stereocenters. The maximum absolute atomic E-state index is 13.0. The molecular weight excluding hydrogens is 369 g/mol. The summed E-state index contributed by atoms with van der Waals surface area (Å²) in [5, 5.41) is 3.97. The lowest BCUT2D eigenvalue weighted by molar-refractivity contribution is -0.119. The molecule has 2 aromatic carbocycles. The Morgan fingerprint density at radius 1 is 1.11 bits per heavy atom. The van der Waals surface area contributed by atoms with Crippen LogP contribution in [0.4, 0.5) is 10.1 Å². The number of hydrogen-bond donors (Lipinski definition) is 1. The second-order valence-electron chi connectivity index (χ2n) is 6.25. The van der Waals surface area contributed by atoms with Gasteiger partial charge in [-0.3, -0.25) is 9.10 Å². The fourth-order valence-electron chi connectivity index (χ4n) is 2.63. The lowest BCUT2D eigenvalue weighted by atomic mass is 10.1. The van der Waals surface area contributed by atoms with Crippen LogP contribution >= 0.6 is 0 Å². The molecule has 0 heterocycles. The largest absolute Gasteiger partial charge is 0.271 e. The molecule has 1 amide bonds. The van der Waals surface area contributed by atoms with Gasteiger partial charge in [0.15, 0.2) is 0 Å². The number of amides is 1. The Morgan fingerprint density at radius 3 is 2.19 bits per heavy atom. The molecule has 0 saturated heterocycles. The van der Waals surface area contributed by atoms with Gasteiger partial charge >= 0.3 is 0 Å². The average molecular weight is 391 g/mol. The summed E-state index contributed by atoms with van der Waals surface area (Å²) in [6.45, 7) is 4.84. The van der Waals surface area contributed by atoms with Gasteiger partial charge in [-0.15, -0.1) is 0 Å². The van der Waals surface area contributed by atoms with E-state index in [4.69, 9.17) is 0 Å². The quantitative estimate of drug-likeness (QED) is 0.607. The van der Waals surface area contributed by atoms with Gasteiger partial charge in [0.05, 0.1) is 17.7 Å². The van der Waals surface area contributed by atoms with E-state index in [0.29, 0.717) is 17.0 Å². The number of nitrogens with zero attached hydrogens (tertiary/aromatic N) is 2. The van der Waals surface area contributed by atoms with Crippen molar-refractivity contribution < 1.29 is 17.6 Å². The molecule has 0 aliphatic heterocycles. The van der Waals surface area contributed by atoms with Crippen molar-refractivity contribution in [3.63, 3.8) is 0 Å². The molecule has 27 heavy (non-hydrogen) atoms. The standard InChI is InChI=1S/C19H22FN3O3S/c1-13-6-5-7-14(2)19(13)23(27(4,25)26)12-18(24)22-21-15(3)16-8-10-17(20)11-9-16/h5-11H,12H2,1-4H3,(H,22,24)/b21-15-. The Morgan fingerprint density at radius 2 is 1.67 bits per heavy atom. The molecular formula is C19H22FN3O3S. The van der Waals surface area contributed by atoms with Crippen molar-refractivity contribution in [3.05, 3.63) is 65.0 Å². The van der Waals surface area contributed by atoms with Crippen LogP contribution in [0, 0.1) is 19.7 Å². The summed E-state index contributed by atoms with van der Waals surface area (Å²) in [7, 11) is -3.67. The summed E-state index contributed by atoms with van der Waals surface area (Å²) in [6, 6.07) is 11.1. The number of benzene rings is 2. The minimum atomic E-state index is -3.67. The van der Waals surface area contributed by atoms with Gasteiger partial charge in [0.25, 0.3) is 5.91 Å². The molecule has 1 N–H and O–H groups in total. The third-order valence-electron chi connectivity index (χ3n) is 3.99. The zero-order valence-electron chi connectivity index (χ0n) is 15.7. The monoisotopic (exact) mass is 391 g/mol. The van der Waals surface area contributed by atoms with Crippen molar-refractivity contribution in [1.29, 1.82) is 0 Å². The van der Waals surface area contributed by atoms with Gasteiger partial charge in [-0.1, -0.05) is 30.3 Å². The highest BCUT2D eigenvalue weighted by atomic mass is 32.2. The van der Waals surface area contributed by atoms with E-state index in [0.717, 1.165) is 21.7 Å². The third-order valence-corrected chi connectivity index (χ3v) is 5.10. The second kappa shape index (κ2) is 8.30. The zero-order valence-corrected chi connectivity index (χ0v) is 16.5. The maximum atomic E-state index is 13.0. The maximum Gasteiger partial charge on any atom is 0.260 e. The van der Waals surface area contributed by atoms with Crippen LogP contribution in [0.1, 0.15) is 23.6 Å². The number of nitrogens with one attached hydrogen (secondary N) is 1. The van der Waals surface area contributed by atoms with Crippen molar-refractivity contribution in [2.75, 3.05) is 17.1 Å². The number of para-hydroxylation sites is 1. The van der Waals surface area contributed by atoms with Crippen molar-refractivity contribution >= 4 is 27.3 Å². The normalized spacial score (nSPS) is 12.0. The van der Waals surface area contributed by atoms with Crippen LogP contribution in [-0.4, -0.2) is 32.8 Å². The number of halogens is 1. The van der Waals surface area contributed by atoms with Crippen LogP contribution in [0.5, 0.6) is 0 Å². The number of hydrogen-bond acceptors (Lipinski definition) is 4. The summed E-state index contributed by atoms with van der Waals surface area (Å²) in [5.74, 6) is -0.947. The fraction of sp³-hybridized carbons (Fsp3) is 0.263. The van der Waals surface area contributed by atoms with Crippen LogP contribution in [0.3, 0.4) is 0 Å². The molecule has 0 radical (unpaired) electrons. The summed E-state index contributed by atoms with van der Waals surface area (Å²) >= 11 is 0. The Labute approximate surface area is 158 Å². The van der Waals surface area contributed by atoms with E-state index in [-0.39, 0.29) is 5.82 Å². The van der Waals surface area contributed by atoms with Crippen LogP contribution in [0.25, 0.3) is 0 Å². The molecule has 0 aliphatic carbocycles. The highest BCUT2D eigenvalue weighted by molar-refractivity contribution is 7.92. The van der Waals surface area contributed by atoms with Crippen LogP contribution in [0.2, 0.25) is 0 Å². The van der Waals surface area contributed by atoms with Gasteiger partial charge in [-0.25, -0.2) is 18.2 Å². The van der Waals surface area contributed by atoms with Crippen molar-refractivity contribution in [3.8, 4) is 0 Å². The third kappa shape index (κ3) is 5.37. The van der Waals surface area contributed by atoms with Gasteiger partial charge in [0, 0.05) is 0 Å². The van der Waals surface area contributed by atoms with Gasteiger partial charge in [0.1, 0.15) is 12.4 Å². The Kier molecular flexibility index (Phi) is 6.32. The summed E-state index contributed by atoms with van der Waals surface area (Å²) < 4.78 is 38.5. The van der Waals surface area contributed by atoms with Crippen molar-refractivity contribution in [1.82, 2.24) is 5.43 Å². The molecule has 0 bridgehead atoms. The SMILES string of the molecule is C/C(=N/NC(=O)CN(c1c(C)cccc1C)S(C)(=O)=O)c1ccc(F)cc1. The smallest absolute Gasteiger partial charge is 0.260 e. The zero-order chi connectivity index (χ0) is 20.2. The first-order valence-corrected chi connectivity index (χ1v) is 10.1. The molecule has 2 aromatic rings. The predicted molar refractivity (Wildman–Crippen MR) is 105 cm³/mol. The summed E-state index contributed by atoms with van der Waals surface area (Å²) in [5.41, 5.74) is 5.45. The van der Waals surface area contributed by atoms with Crippen molar-refractivity contribution in [2.45, 2.75) is 20.8 Å². The number of carbonyl (C=O) groups is 1. The van der Waals surface area contributed by atoms with E-state index in [1.807, 2.05) is 6.07 Å². The first-order valence-electron chi connectivity index (χ1n) is 8.22. The van der Waals surface area contributed by atoms with E-state index in [1.54, 1.807) is 45.0 Å². The molecule has 144 valence electrons. The number of anilines is 1. The lowest BCUT2D eigenvalue weighted by Gasteiger charge is -2.25. The predicted octanol–water partition coefficient (Wildman–Crippen LogP) is 2.75. The molecule has 0 fully saturated rings. The number of aryl methyl sites for hydroxylation is 2. The van der Waals surface area contributed by atoms with Gasteiger partial charge in [-0.2, -0.15) is 5.10 Å². The minimum absolute atomic E-state index is 0.368. The molecule has 0 aromatic heterocycles. The van der Waals surface area contributed by atoms with E-state index >= 15 is 0 Å². The number of rotatable bonds is 6. The highest BCUT2D eigenvalue weighted by Gasteiger charge is 2.23. The Hall–Kier alpha value is -2.74. The van der Waals surface area contributed by atoms with Gasteiger partial charge < -0.3 is 0 Å². The van der Waals surface area contributed by atoms with Gasteiger partial charge in [0.2, 0.25) is 10.0 Å². The molecule has 0 unspecified atom stereocenters. The topological polar surface area (TPSA) is 78.8 Å². The molecule has 0 aliphatic rings. The number of carbonyl (C=O) groups excluding carboxylic acids is 1. The van der Waals surface area contributed by atoms with E-state index in [2.05, 4.69) is 10.5 Å². The highest BCUT2D eigenvalue weighted by Crippen LogP contribution is 2.26. The molecule has 8 heteroatoms. The number of hydrazone groups is 1. The van der Waals surface area contributed by atoms with E-state index in [9.17, 15) is 17.6 Å². The molecule has 0 spiro atoms. The van der Waals surface area contributed by atoms with Crippen molar-refractivity contribution in [2.24, 2.45) is 5.10 Å². The van der Waals surface area contributed by atoms with Crippen LogP contribution in [0.15, 0.2) is 47.6 Å².